The van der Waals surface area contributed by atoms with Crippen molar-refractivity contribution in [1.82, 2.24) is 4.90 Å². The molecule has 3 rings (SSSR count). The van der Waals surface area contributed by atoms with E-state index in [1.165, 1.54) is 19.3 Å². The van der Waals surface area contributed by atoms with E-state index in [1.807, 2.05) is 25.1 Å². The summed E-state index contributed by atoms with van der Waals surface area (Å²) in [6.07, 6.45) is 4.14. The molecule has 4 nitrogen and oxygen atoms in total. The minimum Gasteiger partial charge on any atom is -0.494 e. The van der Waals surface area contributed by atoms with Crippen LogP contribution in [0, 0.1) is 0 Å². The third-order valence-corrected chi connectivity index (χ3v) is 4.65. The lowest BCUT2D eigenvalue weighted by atomic mass is 10.0. The van der Waals surface area contributed by atoms with Crippen LogP contribution in [0.4, 0.5) is 0 Å². The molecule has 21 heavy (non-hydrogen) atoms. The smallest absolute Gasteiger partial charge is 0.124 e. The molecule has 2 fully saturated rings. The van der Waals surface area contributed by atoms with Crippen LogP contribution < -0.4 is 10.5 Å². The number of rotatable bonds is 5. The second-order valence-corrected chi connectivity index (χ2v) is 5.98. The van der Waals surface area contributed by atoms with Crippen LogP contribution in [0.25, 0.3) is 0 Å². The highest BCUT2D eigenvalue weighted by atomic mass is 16.5. The van der Waals surface area contributed by atoms with Crippen LogP contribution >= 0.6 is 0 Å². The highest BCUT2D eigenvalue weighted by Crippen LogP contribution is 2.31. The molecule has 1 saturated carbocycles. The van der Waals surface area contributed by atoms with Gasteiger partial charge in [0, 0.05) is 30.7 Å². The van der Waals surface area contributed by atoms with E-state index in [0.717, 1.165) is 31.0 Å². The molecule has 2 aliphatic rings. The van der Waals surface area contributed by atoms with E-state index in [9.17, 15) is 0 Å². The summed E-state index contributed by atoms with van der Waals surface area (Å²) in [6.45, 7) is 5.39. The van der Waals surface area contributed by atoms with Gasteiger partial charge >= 0.3 is 0 Å². The number of hydrogen-bond donors (Lipinski definition) is 1. The molecule has 0 bridgehead atoms. The van der Waals surface area contributed by atoms with Gasteiger partial charge in [-0.15, -0.1) is 0 Å². The molecule has 0 spiro atoms. The van der Waals surface area contributed by atoms with Crippen molar-refractivity contribution in [1.29, 1.82) is 0 Å². The summed E-state index contributed by atoms with van der Waals surface area (Å²) in [5.74, 6) is 0.920. The number of nitrogens with two attached hydrogens (primary N) is 1. The zero-order valence-corrected chi connectivity index (χ0v) is 12.8. The molecule has 1 aliphatic carbocycles. The number of morpholine rings is 1. The fourth-order valence-electron chi connectivity index (χ4n) is 3.66. The fourth-order valence-corrected chi connectivity index (χ4v) is 3.66. The summed E-state index contributed by atoms with van der Waals surface area (Å²) in [4.78, 5) is 2.52. The normalized spacial score (nSPS) is 27.3. The Labute approximate surface area is 127 Å². The van der Waals surface area contributed by atoms with Gasteiger partial charge in [0.1, 0.15) is 5.75 Å². The summed E-state index contributed by atoms with van der Waals surface area (Å²) in [5.41, 5.74) is 7.59. The van der Waals surface area contributed by atoms with E-state index in [2.05, 4.69) is 11.0 Å². The van der Waals surface area contributed by atoms with Crippen LogP contribution in [0.1, 0.15) is 37.8 Å². The van der Waals surface area contributed by atoms with Crippen molar-refractivity contribution in [2.45, 2.75) is 44.4 Å². The second-order valence-electron chi connectivity index (χ2n) is 5.98. The Balaban J connectivity index is 1.69. The van der Waals surface area contributed by atoms with Crippen molar-refractivity contribution < 1.29 is 9.47 Å². The van der Waals surface area contributed by atoms with E-state index < -0.39 is 0 Å². The minimum atomic E-state index is -0.00731. The van der Waals surface area contributed by atoms with Gasteiger partial charge in [-0.1, -0.05) is 18.2 Å². The standard InChI is InChI=1S/C17H26N2O2/c1-2-20-16-8-4-3-6-13(16)14(18)12-19-10-11-21-17-9-5-7-15(17)19/h3-4,6,8,14-15,17H,2,5,7,9-12,18H2,1H3. The number of nitrogens with zero attached hydrogens (tertiary/aromatic N) is 1. The number of hydrogen-bond acceptors (Lipinski definition) is 4. The first-order valence-electron chi connectivity index (χ1n) is 8.12. The van der Waals surface area contributed by atoms with Gasteiger partial charge in [0.05, 0.1) is 19.3 Å². The van der Waals surface area contributed by atoms with Gasteiger partial charge in [0.15, 0.2) is 0 Å². The highest BCUT2D eigenvalue weighted by Gasteiger charge is 2.36. The largest absolute Gasteiger partial charge is 0.494 e. The first-order chi connectivity index (χ1) is 10.3. The maximum atomic E-state index is 6.48. The topological polar surface area (TPSA) is 47.7 Å². The van der Waals surface area contributed by atoms with Gasteiger partial charge in [-0.3, -0.25) is 4.90 Å². The van der Waals surface area contributed by atoms with E-state index in [-0.39, 0.29) is 6.04 Å². The van der Waals surface area contributed by atoms with Crippen molar-refractivity contribution in [3.05, 3.63) is 29.8 Å². The molecule has 3 unspecified atom stereocenters. The Morgan fingerprint density at radius 2 is 2.24 bits per heavy atom. The summed E-state index contributed by atoms with van der Waals surface area (Å²) in [5, 5.41) is 0. The summed E-state index contributed by atoms with van der Waals surface area (Å²) < 4.78 is 11.6. The van der Waals surface area contributed by atoms with Gasteiger partial charge in [-0.2, -0.15) is 0 Å². The second kappa shape index (κ2) is 6.77. The Bertz CT molecular complexity index is 466. The maximum Gasteiger partial charge on any atom is 0.124 e. The molecule has 1 aromatic rings. The lowest BCUT2D eigenvalue weighted by molar-refractivity contribution is -0.0572. The van der Waals surface area contributed by atoms with E-state index in [0.29, 0.717) is 18.8 Å². The minimum absolute atomic E-state index is 0.00731. The molecule has 0 aromatic heterocycles. The van der Waals surface area contributed by atoms with Crippen molar-refractivity contribution in [2.24, 2.45) is 5.73 Å². The summed E-state index contributed by atoms with van der Waals surface area (Å²) in [7, 11) is 0. The third kappa shape index (κ3) is 3.23. The molecule has 1 heterocycles. The van der Waals surface area contributed by atoms with Crippen LogP contribution in [0.3, 0.4) is 0 Å². The number of para-hydroxylation sites is 1. The van der Waals surface area contributed by atoms with Crippen LogP contribution in [-0.4, -0.2) is 43.3 Å². The molecular weight excluding hydrogens is 264 g/mol. The van der Waals surface area contributed by atoms with Crippen molar-refractivity contribution in [2.75, 3.05) is 26.3 Å². The first-order valence-corrected chi connectivity index (χ1v) is 8.12. The van der Waals surface area contributed by atoms with E-state index in [4.69, 9.17) is 15.2 Å². The Morgan fingerprint density at radius 3 is 3.10 bits per heavy atom. The molecule has 0 radical (unpaired) electrons. The van der Waals surface area contributed by atoms with Crippen LogP contribution in [0.5, 0.6) is 5.75 Å². The molecule has 116 valence electrons. The molecular formula is C17H26N2O2. The van der Waals surface area contributed by atoms with Crippen molar-refractivity contribution in [3.8, 4) is 5.75 Å². The lowest BCUT2D eigenvalue weighted by Crippen LogP contribution is -2.50. The SMILES string of the molecule is CCOc1ccccc1C(N)CN1CCOC2CCCC21. The van der Waals surface area contributed by atoms with Crippen molar-refractivity contribution in [3.63, 3.8) is 0 Å². The molecule has 2 N–H and O–H groups in total. The number of ether oxygens (including phenoxy) is 2. The summed E-state index contributed by atoms with van der Waals surface area (Å²) >= 11 is 0. The fraction of sp³-hybridized carbons (Fsp3) is 0.647. The molecule has 1 aromatic carbocycles. The van der Waals surface area contributed by atoms with E-state index >= 15 is 0 Å². The molecule has 4 heteroatoms. The zero-order chi connectivity index (χ0) is 14.7. The molecule has 3 atom stereocenters. The Hall–Kier alpha value is -1.10. The molecule has 1 aliphatic heterocycles. The Morgan fingerprint density at radius 1 is 1.38 bits per heavy atom. The lowest BCUT2D eigenvalue weighted by Gasteiger charge is -2.39. The Kier molecular flexibility index (Phi) is 4.78. The molecule has 0 amide bonds. The van der Waals surface area contributed by atoms with Crippen molar-refractivity contribution >= 4 is 0 Å². The quantitative estimate of drug-likeness (QED) is 0.904. The average Bonchev–Trinajstić information content (AvgIpc) is 2.98. The van der Waals surface area contributed by atoms with Gasteiger partial charge in [0.25, 0.3) is 0 Å². The van der Waals surface area contributed by atoms with Gasteiger partial charge in [-0.05, 0) is 32.3 Å². The van der Waals surface area contributed by atoms with Gasteiger partial charge < -0.3 is 15.2 Å². The van der Waals surface area contributed by atoms with Crippen LogP contribution in [0.2, 0.25) is 0 Å². The predicted octanol–water partition coefficient (Wildman–Crippen LogP) is 2.34. The van der Waals surface area contributed by atoms with Gasteiger partial charge in [0.2, 0.25) is 0 Å². The highest BCUT2D eigenvalue weighted by molar-refractivity contribution is 5.36. The number of fused-ring (bicyclic) bond motifs is 1. The van der Waals surface area contributed by atoms with Crippen LogP contribution in [-0.2, 0) is 4.74 Å². The average molecular weight is 290 g/mol. The predicted molar refractivity (Wildman–Crippen MR) is 83.5 cm³/mol. The monoisotopic (exact) mass is 290 g/mol. The molecule has 1 saturated heterocycles. The summed E-state index contributed by atoms with van der Waals surface area (Å²) in [6, 6.07) is 8.69. The van der Waals surface area contributed by atoms with Crippen LogP contribution in [0.15, 0.2) is 24.3 Å². The first kappa shape index (κ1) is 14.8. The van der Waals surface area contributed by atoms with E-state index in [1.54, 1.807) is 0 Å². The zero-order valence-electron chi connectivity index (χ0n) is 12.8. The van der Waals surface area contributed by atoms with Gasteiger partial charge in [-0.25, -0.2) is 0 Å². The number of benzene rings is 1. The maximum absolute atomic E-state index is 6.48. The third-order valence-electron chi connectivity index (χ3n) is 4.65.